The number of anilines is 2. The number of para-hydroxylation sites is 1. The summed E-state index contributed by atoms with van der Waals surface area (Å²) in [5.41, 5.74) is 3.06. The molecule has 7 heteroatoms. The summed E-state index contributed by atoms with van der Waals surface area (Å²) in [6, 6.07) is 14.2. The summed E-state index contributed by atoms with van der Waals surface area (Å²) < 4.78 is 5.96. The van der Waals surface area contributed by atoms with Crippen molar-refractivity contribution < 1.29 is 14.3 Å². The van der Waals surface area contributed by atoms with Gasteiger partial charge in [0, 0.05) is 16.1 Å². The number of aryl methyl sites for hydroxylation is 2. The van der Waals surface area contributed by atoms with Gasteiger partial charge in [0.2, 0.25) is 5.91 Å². The number of nitrogens with one attached hydrogen (secondary N) is 1. The lowest BCUT2D eigenvalue weighted by Crippen LogP contribution is -2.53. The van der Waals surface area contributed by atoms with Crippen molar-refractivity contribution in [1.82, 2.24) is 4.98 Å². The van der Waals surface area contributed by atoms with Crippen molar-refractivity contribution in [2.45, 2.75) is 46.3 Å². The maximum atomic E-state index is 13.2. The number of thiazole rings is 1. The van der Waals surface area contributed by atoms with E-state index in [1.54, 1.807) is 23.2 Å². The zero-order valence-corrected chi connectivity index (χ0v) is 18.8. The highest BCUT2D eigenvalue weighted by Gasteiger charge is 2.38. The molecule has 160 valence electrons. The molecule has 6 nitrogen and oxygen atoms in total. The van der Waals surface area contributed by atoms with Crippen LogP contribution in [0.5, 0.6) is 5.75 Å². The molecule has 0 saturated heterocycles. The van der Waals surface area contributed by atoms with Gasteiger partial charge in [-0.1, -0.05) is 25.1 Å². The molecule has 0 spiro atoms. The fourth-order valence-electron chi connectivity index (χ4n) is 3.77. The van der Waals surface area contributed by atoms with Crippen molar-refractivity contribution in [1.29, 1.82) is 0 Å². The Morgan fingerprint density at radius 1 is 1.23 bits per heavy atom. The van der Waals surface area contributed by atoms with Crippen LogP contribution in [0.2, 0.25) is 0 Å². The summed E-state index contributed by atoms with van der Waals surface area (Å²) in [7, 11) is 0. The lowest BCUT2D eigenvalue weighted by atomic mass is 10.0. The van der Waals surface area contributed by atoms with E-state index in [1.807, 2.05) is 69.3 Å². The van der Waals surface area contributed by atoms with Crippen LogP contribution in [-0.4, -0.2) is 28.9 Å². The van der Waals surface area contributed by atoms with Crippen LogP contribution in [0.15, 0.2) is 48.5 Å². The largest absolute Gasteiger partial charge is 0.478 e. The molecule has 31 heavy (non-hydrogen) atoms. The van der Waals surface area contributed by atoms with Crippen LogP contribution in [0, 0.1) is 13.8 Å². The number of hydrogen-bond donors (Lipinski definition) is 1. The minimum Gasteiger partial charge on any atom is -0.478 e. The van der Waals surface area contributed by atoms with Gasteiger partial charge in [-0.15, -0.1) is 11.3 Å². The lowest BCUT2D eigenvalue weighted by Gasteiger charge is -2.37. The second kappa shape index (κ2) is 8.51. The highest BCUT2D eigenvalue weighted by Crippen LogP contribution is 2.40. The van der Waals surface area contributed by atoms with Gasteiger partial charge in [-0.2, -0.15) is 0 Å². The highest BCUT2D eigenvalue weighted by molar-refractivity contribution is 7.11. The van der Waals surface area contributed by atoms with Crippen molar-refractivity contribution in [2.24, 2.45) is 0 Å². The Morgan fingerprint density at radius 2 is 1.97 bits per heavy atom. The predicted octanol–water partition coefficient (Wildman–Crippen LogP) is 4.96. The Bertz CT molecular complexity index is 1130. The predicted molar refractivity (Wildman–Crippen MR) is 124 cm³/mol. The summed E-state index contributed by atoms with van der Waals surface area (Å²) >= 11 is 1.63. The number of nitrogens with zero attached hydrogens (tertiary/aromatic N) is 2. The fourth-order valence-corrected chi connectivity index (χ4v) is 4.61. The van der Waals surface area contributed by atoms with Crippen LogP contribution < -0.4 is 15.0 Å². The first-order valence-corrected chi connectivity index (χ1v) is 11.1. The lowest BCUT2D eigenvalue weighted by molar-refractivity contribution is -0.129. The van der Waals surface area contributed by atoms with Crippen molar-refractivity contribution in [2.75, 3.05) is 10.2 Å². The topological polar surface area (TPSA) is 71.5 Å². The van der Waals surface area contributed by atoms with Gasteiger partial charge in [-0.25, -0.2) is 4.98 Å². The first-order valence-electron chi connectivity index (χ1n) is 10.3. The number of carbonyl (C=O) groups excluding carboxylic acids is 2. The van der Waals surface area contributed by atoms with Crippen LogP contribution in [0.25, 0.3) is 11.3 Å². The van der Waals surface area contributed by atoms with E-state index in [1.165, 1.54) is 0 Å². The SMILES string of the molecule is CCC1Oc2ccc(-c3nc(C)sc3C)cc2N(C(C)C(=O)Nc2ccccc2)C1=O. The summed E-state index contributed by atoms with van der Waals surface area (Å²) in [4.78, 5) is 33.6. The zero-order chi connectivity index (χ0) is 22.1. The molecule has 2 aromatic carbocycles. The van der Waals surface area contributed by atoms with Crippen LogP contribution >= 0.6 is 11.3 Å². The highest BCUT2D eigenvalue weighted by atomic mass is 32.1. The van der Waals surface area contributed by atoms with Gasteiger partial charge in [-0.3, -0.25) is 14.5 Å². The first kappa shape index (κ1) is 21.1. The van der Waals surface area contributed by atoms with E-state index in [9.17, 15) is 9.59 Å². The number of fused-ring (bicyclic) bond motifs is 1. The van der Waals surface area contributed by atoms with Gasteiger partial charge in [0.15, 0.2) is 6.10 Å². The van der Waals surface area contributed by atoms with Crippen molar-refractivity contribution in [3.05, 3.63) is 58.4 Å². The van der Waals surface area contributed by atoms with Crippen molar-refractivity contribution in [3.63, 3.8) is 0 Å². The van der Waals surface area contributed by atoms with Gasteiger partial charge in [0.05, 0.1) is 16.4 Å². The van der Waals surface area contributed by atoms with Gasteiger partial charge in [0.1, 0.15) is 11.8 Å². The van der Waals surface area contributed by atoms with Gasteiger partial charge < -0.3 is 10.1 Å². The summed E-state index contributed by atoms with van der Waals surface area (Å²) in [6.45, 7) is 7.64. The number of carbonyl (C=O) groups is 2. The minimum atomic E-state index is -0.710. The normalized spacial score (nSPS) is 16.5. The second-order valence-electron chi connectivity index (χ2n) is 7.57. The molecule has 0 radical (unpaired) electrons. The van der Waals surface area contributed by atoms with E-state index < -0.39 is 12.1 Å². The van der Waals surface area contributed by atoms with Crippen LogP contribution in [0.1, 0.15) is 30.2 Å². The Labute approximate surface area is 185 Å². The summed E-state index contributed by atoms with van der Waals surface area (Å²) in [5, 5.41) is 3.88. The minimum absolute atomic E-state index is 0.214. The molecular formula is C24H25N3O3S. The molecule has 0 saturated carbocycles. The van der Waals surface area contributed by atoms with Crippen LogP contribution in [0.3, 0.4) is 0 Å². The monoisotopic (exact) mass is 435 g/mol. The molecule has 2 amide bonds. The first-order chi connectivity index (χ1) is 14.9. The summed E-state index contributed by atoms with van der Waals surface area (Å²) in [6.07, 6.45) is -0.0953. The van der Waals surface area contributed by atoms with Crippen molar-refractivity contribution in [3.8, 4) is 17.0 Å². The third-order valence-electron chi connectivity index (χ3n) is 5.36. The van der Waals surface area contributed by atoms with Gasteiger partial charge >= 0.3 is 0 Å². The fraction of sp³-hybridized carbons (Fsp3) is 0.292. The Morgan fingerprint density at radius 3 is 2.61 bits per heavy atom. The average molecular weight is 436 g/mol. The summed E-state index contributed by atoms with van der Waals surface area (Å²) in [5.74, 6) is 0.126. The van der Waals surface area contributed by atoms with Crippen LogP contribution in [0.4, 0.5) is 11.4 Å². The molecule has 4 rings (SSSR count). The van der Waals surface area contributed by atoms with E-state index in [0.717, 1.165) is 21.1 Å². The Kier molecular flexibility index (Phi) is 5.78. The van der Waals surface area contributed by atoms with E-state index in [-0.39, 0.29) is 11.8 Å². The number of aromatic nitrogens is 1. The molecule has 1 aromatic heterocycles. The second-order valence-corrected chi connectivity index (χ2v) is 8.98. The number of ether oxygens (including phenoxy) is 1. The Balaban J connectivity index is 1.72. The number of rotatable bonds is 5. The molecule has 2 atom stereocenters. The quantitative estimate of drug-likeness (QED) is 0.615. The van der Waals surface area contributed by atoms with E-state index in [2.05, 4.69) is 10.3 Å². The average Bonchev–Trinajstić information content (AvgIpc) is 3.11. The molecule has 0 aliphatic carbocycles. The smallest absolute Gasteiger partial charge is 0.268 e. The molecule has 1 N–H and O–H groups in total. The third-order valence-corrected chi connectivity index (χ3v) is 6.24. The molecule has 0 fully saturated rings. The molecule has 1 aliphatic rings. The number of amides is 2. The molecule has 2 unspecified atom stereocenters. The number of benzene rings is 2. The maximum absolute atomic E-state index is 13.2. The van der Waals surface area contributed by atoms with Gasteiger partial charge in [0.25, 0.3) is 5.91 Å². The van der Waals surface area contributed by atoms with E-state index >= 15 is 0 Å². The number of hydrogen-bond acceptors (Lipinski definition) is 5. The van der Waals surface area contributed by atoms with Crippen LogP contribution in [-0.2, 0) is 9.59 Å². The standard InChI is InChI=1S/C24H25N3O3S/c1-5-20-24(29)27(14(2)23(28)26-18-9-7-6-8-10-18)19-13-17(11-12-21(19)30-20)22-15(3)31-16(4)25-22/h6-14,20H,5H2,1-4H3,(H,26,28). The molecule has 1 aliphatic heterocycles. The van der Waals surface area contributed by atoms with Crippen molar-refractivity contribution >= 4 is 34.5 Å². The zero-order valence-electron chi connectivity index (χ0n) is 18.0. The molecular weight excluding hydrogens is 410 g/mol. The van der Waals surface area contributed by atoms with E-state index in [4.69, 9.17) is 4.74 Å². The Hall–Kier alpha value is -3.19. The van der Waals surface area contributed by atoms with Gasteiger partial charge in [-0.05, 0) is 57.5 Å². The maximum Gasteiger partial charge on any atom is 0.268 e. The molecule has 3 aromatic rings. The van der Waals surface area contributed by atoms with E-state index in [0.29, 0.717) is 23.5 Å². The third kappa shape index (κ3) is 4.05. The molecule has 2 heterocycles. The molecule has 0 bridgehead atoms.